The summed E-state index contributed by atoms with van der Waals surface area (Å²) < 4.78 is 10.1. The molecule has 1 aromatic carbocycles. The SMILES string of the molecule is CC(=O)Oc1ccc2c(CCBr)cc(=O)oc2c1. The second-order valence-corrected chi connectivity index (χ2v) is 4.57. The standard InChI is InChI=1S/C13H11BrO4/c1-8(15)17-10-2-3-11-9(4-5-14)6-13(16)18-12(11)7-10/h2-3,6-7H,4-5H2,1H3. The van der Waals surface area contributed by atoms with Gasteiger partial charge in [-0.15, -0.1) is 0 Å². The third kappa shape index (κ3) is 2.79. The summed E-state index contributed by atoms with van der Waals surface area (Å²) in [4.78, 5) is 22.3. The van der Waals surface area contributed by atoms with Crippen LogP contribution in [0.4, 0.5) is 0 Å². The van der Waals surface area contributed by atoms with Gasteiger partial charge in [0.1, 0.15) is 11.3 Å². The van der Waals surface area contributed by atoms with Gasteiger partial charge in [0, 0.05) is 29.8 Å². The fraction of sp³-hybridized carbons (Fsp3) is 0.231. The molecule has 0 spiro atoms. The normalized spacial score (nSPS) is 10.6. The van der Waals surface area contributed by atoms with Crippen LogP contribution >= 0.6 is 15.9 Å². The minimum absolute atomic E-state index is 0.370. The number of hydrogen-bond acceptors (Lipinski definition) is 4. The van der Waals surface area contributed by atoms with E-state index in [2.05, 4.69) is 15.9 Å². The lowest BCUT2D eigenvalue weighted by atomic mass is 10.1. The molecule has 0 saturated heterocycles. The predicted octanol–water partition coefficient (Wildman–Crippen LogP) is 2.66. The van der Waals surface area contributed by atoms with Crippen molar-refractivity contribution in [2.45, 2.75) is 13.3 Å². The molecule has 2 rings (SSSR count). The molecular formula is C13H11BrO4. The van der Waals surface area contributed by atoms with Crippen molar-refractivity contribution in [3.63, 3.8) is 0 Å². The molecule has 0 aliphatic rings. The molecule has 0 radical (unpaired) electrons. The van der Waals surface area contributed by atoms with Gasteiger partial charge in [0.2, 0.25) is 0 Å². The Morgan fingerprint density at radius 1 is 1.39 bits per heavy atom. The number of halogens is 1. The summed E-state index contributed by atoms with van der Waals surface area (Å²) in [5.74, 6) is -0.0394. The van der Waals surface area contributed by atoms with E-state index in [0.717, 1.165) is 22.7 Å². The maximum absolute atomic E-state index is 11.4. The zero-order chi connectivity index (χ0) is 13.1. The van der Waals surface area contributed by atoms with Crippen molar-refractivity contribution in [2.24, 2.45) is 0 Å². The van der Waals surface area contributed by atoms with Gasteiger partial charge in [0.15, 0.2) is 0 Å². The molecule has 0 aliphatic heterocycles. The van der Waals surface area contributed by atoms with E-state index in [0.29, 0.717) is 11.3 Å². The minimum Gasteiger partial charge on any atom is -0.427 e. The van der Waals surface area contributed by atoms with Crippen molar-refractivity contribution in [3.8, 4) is 5.75 Å². The van der Waals surface area contributed by atoms with Crippen molar-refractivity contribution in [3.05, 3.63) is 40.2 Å². The van der Waals surface area contributed by atoms with Crippen LogP contribution in [-0.4, -0.2) is 11.3 Å². The topological polar surface area (TPSA) is 56.5 Å². The maximum atomic E-state index is 11.4. The molecule has 18 heavy (non-hydrogen) atoms. The van der Waals surface area contributed by atoms with Gasteiger partial charge >= 0.3 is 11.6 Å². The van der Waals surface area contributed by atoms with Gasteiger partial charge in [-0.05, 0) is 24.1 Å². The molecule has 0 saturated carbocycles. The number of rotatable bonds is 3. The number of ether oxygens (including phenoxy) is 1. The molecule has 5 heteroatoms. The first-order valence-corrected chi connectivity index (χ1v) is 6.53. The molecule has 0 fully saturated rings. The highest BCUT2D eigenvalue weighted by Gasteiger charge is 2.07. The Kier molecular flexibility index (Phi) is 3.81. The van der Waals surface area contributed by atoms with Gasteiger partial charge in [0.25, 0.3) is 0 Å². The molecule has 2 aromatic rings. The Balaban J connectivity index is 2.56. The fourth-order valence-corrected chi connectivity index (χ4v) is 2.18. The monoisotopic (exact) mass is 310 g/mol. The average molecular weight is 311 g/mol. The van der Waals surface area contributed by atoms with E-state index in [1.165, 1.54) is 13.0 Å². The summed E-state index contributed by atoms with van der Waals surface area (Å²) in [6.07, 6.45) is 0.731. The first kappa shape index (κ1) is 12.8. The number of alkyl halides is 1. The van der Waals surface area contributed by atoms with Crippen molar-refractivity contribution in [2.75, 3.05) is 5.33 Å². The first-order chi connectivity index (χ1) is 8.60. The third-order valence-electron chi connectivity index (χ3n) is 2.43. The number of benzene rings is 1. The van der Waals surface area contributed by atoms with E-state index in [-0.39, 0.29) is 0 Å². The van der Waals surface area contributed by atoms with Crippen LogP contribution in [0.2, 0.25) is 0 Å². The van der Waals surface area contributed by atoms with Gasteiger partial charge in [-0.2, -0.15) is 0 Å². The van der Waals surface area contributed by atoms with Gasteiger partial charge in [-0.25, -0.2) is 4.79 Å². The van der Waals surface area contributed by atoms with Gasteiger partial charge in [-0.3, -0.25) is 4.79 Å². The van der Waals surface area contributed by atoms with Crippen LogP contribution < -0.4 is 10.4 Å². The number of hydrogen-bond donors (Lipinski definition) is 0. The number of carbonyl (C=O) groups excluding carboxylic acids is 1. The molecule has 0 bridgehead atoms. The van der Waals surface area contributed by atoms with Crippen molar-refractivity contribution < 1.29 is 13.9 Å². The van der Waals surface area contributed by atoms with Crippen LogP contribution in [0.1, 0.15) is 12.5 Å². The molecule has 0 aliphatic carbocycles. The molecule has 0 atom stereocenters. The smallest absolute Gasteiger partial charge is 0.336 e. The molecule has 0 N–H and O–H groups in total. The Morgan fingerprint density at radius 2 is 2.17 bits per heavy atom. The second-order valence-electron chi connectivity index (χ2n) is 3.78. The molecule has 0 amide bonds. The van der Waals surface area contributed by atoms with Crippen LogP contribution in [0.3, 0.4) is 0 Å². The summed E-state index contributed by atoms with van der Waals surface area (Å²) in [5.41, 5.74) is 0.933. The Hall–Kier alpha value is -1.62. The molecule has 94 valence electrons. The van der Waals surface area contributed by atoms with Gasteiger partial charge < -0.3 is 9.15 Å². The number of esters is 1. The number of carbonyl (C=O) groups is 1. The molecule has 1 heterocycles. The van der Waals surface area contributed by atoms with Crippen LogP contribution in [0.15, 0.2) is 33.5 Å². The molecule has 4 nitrogen and oxygen atoms in total. The van der Waals surface area contributed by atoms with E-state index in [9.17, 15) is 9.59 Å². The summed E-state index contributed by atoms with van der Waals surface area (Å²) >= 11 is 3.34. The van der Waals surface area contributed by atoms with E-state index in [1.54, 1.807) is 18.2 Å². The van der Waals surface area contributed by atoms with E-state index in [1.807, 2.05) is 0 Å². The second kappa shape index (κ2) is 5.35. The van der Waals surface area contributed by atoms with Gasteiger partial charge in [-0.1, -0.05) is 15.9 Å². The van der Waals surface area contributed by atoms with Crippen LogP contribution in [0.5, 0.6) is 5.75 Å². The zero-order valence-electron chi connectivity index (χ0n) is 9.73. The lowest BCUT2D eigenvalue weighted by Crippen LogP contribution is -2.03. The minimum atomic E-state index is -0.409. The Labute approximate surface area is 112 Å². The van der Waals surface area contributed by atoms with Crippen LogP contribution in [-0.2, 0) is 11.2 Å². The highest BCUT2D eigenvalue weighted by Crippen LogP contribution is 2.23. The molecule has 1 aromatic heterocycles. The molecule has 0 unspecified atom stereocenters. The third-order valence-corrected chi connectivity index (χ3v) is 2.82. The van der Waals surface area contributed by atoms with Crippen molar-refractivity contribution in [1.29, 1.82) is 0 Å². The van der Waals surface area contributed by atoms with E-state index >= 15 is 0 Å². The summed E-state index contributed by atoms with van der Waals surface area (Å²) in [6.45, 7) is 1.32. The fourth-order valence-electron chi connectivity index (χ4n) is 1.75. The zero-order valence-corrected chi connectivity index (χ0v) is 11.3. The summed E-state index contributed by atoms with van der Waals surface area (Å²) in [5, 5.41) is 1.61. The lowest BCUT2D eigenvalue weighted by molar-refractivity contribution is -0.131. The quantitative estimate of drug-likeness (QED) is 0.378. The Bertz CT molecular complexity index is 645. The summed E-state index contributed by atoms with van der Waals surface area (Å²) in [7, 11) is 0. The highest BCUT2D eigenvalue weighted by molar-refractivity contribution is 9.09. The van der Waals surface area contributed by atoms with Gasteiger partial charge in [0.05, 0.1) is 0 Å². The first-order valence-electron chi connectivity index (χ1n) is 5.41. The van der Waals surface area contributed by atoms with E-state index in [4.69, 9.17) is 9.15 Å². The van der Waals surface area contributed by atoms with Crippen molar-refractivity contribution in [1.82, 2.24) is 0 Å². The van der Waals surface area contributed by atoms with Crippen LogP contribution in [0.25, 0.3) is 11.0 Å². The largest absolute Gasteiger partial charge is 0.427 e. The maximum Gasteiger partial charge on any atom is 0.336 e. The highest BCUT2D eigenvalue weighted by atomic mass is 79.9. The lowest BCUT2D eigenvalue weighted by Gasteiger charge is -2.05. The van der Waals surface area contributed by atoms with Crippen LogP contribution in [0, 0.1) is 0 Å². The Morgan fingerprint density at radius 3 is 2.83 bits per heavy atom. The summed E-state index contributed by atoms with van der Waals surface area (Å²) in [6, 6.07) is 6.50. The number of aryl methyl sites for hydroxylation is 1. The predicted molar refractivity (Wildman–Crippen MR) is 71.3 cm³/mol. The number of fused-ring (bicyclic) bond motifs is 1. The average Bonchev–Trinajstić information content (AvgIpc) is 2.27. The van der Waals surface area contributed by atoms with E-state index < -0.39 is 11.6 Å². The van der Waals surface area contributed by atoms with Crippen molar-refractivity contribution >= 4 is 32.9 Å². The molecular weight excluding hydrogens is 300 g/mol.